The quantitative estimate of drug-likeness (QED) is 0.863. The van der Waals surface area contributed by atoms with Gasteiger partial charge in [-0.15, -0.1) is 0 Å². The molecule has 0 radical (unpaired) electrons. The molecule has 0 atom stereocenters. The first-order chi connectivity index (χ1) is 8.88. The zero-order valence-corrected chi connectivity index (χ0v) is 11.1. The van der Waals surface area contributed by atoms with E-state index in [2.05, 4.69) is 41.0 Å². The number of nitrogen functional groups attached to an aromatic ring is 1. The van der Waals surface area contributed by atoms with E-state index in [1.54, 1.807) is 0 Å². The zero-order chi connectivity index (χ0) is 14.0. The number of nitrogens with one attached hydrogen (secondary N) is 1. The van der Waals surface area contributed by atoms with Gasteiger partial charge in [0.05, 0.1) is 0 Å². The Kier molecular flexibility index (Phi) is 3.25. The maximum Gasteiger partial charge on any atom is 0.281 e. The molecule has 100 valence electrons. The average molecular weight is 260 g/mol. The van der Waals surface area contributed by atoms with E-state index in [4.69, 9.17) is 5.73 Å². The number of anilines is 2. The van der Waals surface area contributed by atoms with Crippen LogP contribution in [0.5, 0.6) is 0 Å². The molecule has 1 amide bonds. The van der Waals surface area contributed by atoms with Crippen LogP contribution in [0.2, 0.25) is 0 Å². The third-order valence-corrected chi connectivity index (χ3v) is 2.74. The van der Waals surface area contributed by atoms with Crippen molar-refractivity contribution >= 4 is 17.4 Å². The molecule has 0 fully saturated rings. The van der Waals surface area contributed by atoms with Crippen LogP contribution in [0.4, 0.5) is 11.5 Å². The first-order valence-electron chi connectivity index (χ1n) is 5.88. The molecule has 2 aromatic rings. The highest BCUT2D eigenvalue weighted by Crippen LogP contribution is 2.23. The van der Waals surface area contributed by atoms with Crippen molar-refractivity contribution in [3.63, 3.8) is 0 Å². The van der Waals surface area contributed by atoms with E-state index in [1.165, 1.54) is 5.56 Å². The second-order valence-electron chi connectivity index (χ2n) is 5.28. The lowest BCUT2D eigenvalue weighted by Crippen LogP contribution is -2.15. The van der Waals surface area contributed by atoms with Gasteiger partial charge in [0, 0.05) is 5.69 Å². The number of carbonyl (C=O) groups excluding carboxylic acids is 1. The van der Waals surface area contributed by atoms with Gasteiger partial charge < -0.3 is 11.1 Å². The van der Waals surface area contributed by atoms with Crippen LogP contribution in [0.25, 0.3) is 0 Å². The number of hydrogen-bond acceptors (Lipinski definition) is 5. The lowest BCUT2D eigenvalue weighted by atomic mass is 9.87. The van der Waals surface area contributed by atoms with Gasteiger partial charge in [-0.3, -0.25) is 4.79 Å². The smallest absolute Gasteiger partial charge is 0.281 e. The second-order valence-corrected chi connectivity index (χ2v) is 5.28. The number of rotatable bonds is 2. The zero-order valence-electron chi connectivity index (χ0n) is 11.1. The van der Waals surface area contributed by atoms with Gasteiger partial charge in [-0.25, -0.2) is 4.63 Å². The monoisotopic (exact) mass is 260 g/mol. The van der Waals surface area contributed by atoms with Gasteiger partial charge >= 0.3 is 0 Å². The van der Waals surface area contributed by atoms with Crippen LogP contribution in [-0.2, 0) is 5.41 Å². The van der Waals surface area contributed by atoms with Crippen molar-refractivity contribution in [3.8, 4) is 0 Å². The molecule has 2 rings (SSSR count). The fraction of sp³-hybridized carbons (Fsp3) is 0.308. The molecule has 0 saturated heterocycles. The molecule has 0 unspecified atom stereocenters. The Balaban J connectivity index is 2.12. The van der Waals surface area contributed by atoms with Crippen molar-refractivity contribution in [1.29, 1.82) is 0 Å². The van der Waals surface area contributed by atoms with Gasteiger partial charge in [-0.1, -0.05) is 32.9 Å². The lowest BCUT2D eigenvalue weighted by Gasteiger charge is -2.19. The Hall–Kier alpha value is -2.37. The number of benzene rings is 1. The standard InChI is InChI=1S/C13H16N4O2/c1-13(2,3)8-4-6-9(7-5-8)15-12(18)10-11(14)17-19-16-10/h4-7H,1-3H3,(H2,14,17)(H,15,18). The van der Waals surface area contributed by atoms with E-state index in [0.717, 1.165) is 0 Å². The number of amides is 1. The van der Waals surface area contributed by atoms with E-state index in [0.29, 0.717) is 5.69 Å². The van der Waals surface area contributed by atoms with Crippen LogP contribution in [0.15, 0.2) is 28.9 Å². The Morgan fingerprint density at radius 3 is 2.32 bits per heavy atom. The molecular weight excluding hydrogens is 244 g/mol. The van der Waals surface area contributed by atoms with E-state index < -0.39 is 5.91 Å². The summed E-state index contributed by atoms with van der Waals surface area (Å²) in [6.45, 7) is 6.38. The predicted molar refractivity (Wildman–Crippen MR) is 71.8 cm³/mol. The molecule has 0 aliphatic carbocycles. The molecule has 0 saturated carbocycles. The first-order valence-corrected chi connectivity index (χ1v) is 5.88. The van der Waals surface area contributed by atoms with Crippen molar-refractivity contribution < 1.29 is 9.42 Å². The van der Waals surface area contributed by atoms with Crippen molar-refractivity contribution in [1.82, 2.24) is 10.3 Å². The van der Waals surface area contributed by atoms with Gasteiger partial charge in [0.1, 0.15) is 0 Å². The minimum absolute atomic E-state index is 0.0140. The molecule has 0 spiro atoms. The van der Waals surface area contributed by atoms with E-state index in [9.17, 15) is 4.79 Å². The van der Waals surface area contributed by atoms with Crippen LogP contribution in [0.3, 0.4) is 0 Å². The summed E-state index contributed by atoms with van der Waals surface area (Å²) >= 11 is 0. The topological polar surface area (TPSA) is 94.0 Å². The van der Waals surface area contributed by atoms with Gasteiger partial charge in [-0.05, 0) is 33.4 Å². The maximum atomic E-state index is 11.8. The van der Waals surface area contributed by atoms with Crippen molar-refractivity contribution in [2.24, 2.45) is 0 Å². The van der Waals surface area contributed by atoms with Crippen LogP contribution in [0, 0.1) is 0 Å². The SMILES string of the molecule is CC(C)(C)c1ccc(NC(=O)c2nonc2N)cc1. The molecule has 1 aromatic carbocycles. The van der Waals surface area contributed by atoms with Crippen LogP contribution >= 0.6 is 0 Å². The average Bonchev–Trinajstić information content (AvgIpc) is 2.75. The summed E-state index contributed by atoms with van der Waals surface area (Å²) in [7, 11) is 0. The molecule has 0 aliphatic rings. The molecule has 0 aliphatic heterocycles. The molecule has 1 aromatic heterocycles. The van der Waals surface area contributed by atoms with Gasteiger partial charge in [0.25, 0.3) is 5.91 Å². The number of nitrogens with two attached hydrogens (primary N) is 1. The molecular formula is C13H16N4O2. The highest BCUT2D eigenvalue weighted by molar-refractivity contribution is 6.05. The molecule has 0 bridgehead atoms. The molecule has 6 heteroatoms. The number of carbonyl (C=O) groups is 1. The van der Waals surface area contributed by atoms with E-state index in [1.807, 2.05) is 24.3 Å². The summed E-state index contributed by atoms with van der Waals surface area (Å²) in [5.74, 6) is -0.467. The van der Waals surface area contributed by atoms with Crippen molar-refractivity contribution in [3.05, 3.63) is 35.5 Å². The number of nitrogens with zero attached hydrogens (tertiary/aromatic N) is 2. The molecule has 19 heavy (non-hydrogen) atoms. The van der Waals surface area contributed by atoms with Crippen LogP contribution in [0.1, 0.15) is 36.8 Å². The van der Waals surface area contributed by atoms with Gasteiger partial charge in [0.2, 0.25) is 11.5 Å². The first kappa shape index (κ1) is 13.1. The fourth-order valence-electron chi connectivity index (χ4n) is 1.60. The Morgan fingerprint density at radius 2 is 1.84 bits per heavy atom. The third kappa shape index (κ3) is 2.90. The normalized spacial score (nSPS) is 11.3. The highest BCUT2D eigenvalue weighted by Gasteiger charge is 2.17. The third-order valence-electron chi connectivity index (χ3n) is 2.74. The number of hydrogen-bond donors (Lipinski definition) is 2. The molecule has 3 N–H and O–H groups in total. The summed E-state index contributed by atoms with van der Waals surface area (Å²) in [5, 5.41) is 9.48. The summed E-state index contributed by atoms with van der Waals surface area (Å²) in [6.07, 6.45) is 0. The van der Waals surface area contributed by atoms with Crippen molar-refractivity contribution in [2.45, 2.75) is 26.2 Å². The molecule has 6 nitrogen and oxygen atoms in total. The largest absolute Gasteiger partial charge is 0.379 e. The second kappa shape index (κ2) is 4.72. The number of aromatic nitrogens is 2. The summed E-state index contributed by atoms with van der Waals surface area (Å²) in [5.41, 5.74) is 7.36. The lowest BCUT2D eigenvalue weighted by molar-refractivity contribution is 0.101. The summed E-state index contributed by atoms with van der Waals surface area (Å²) in [6, 6.07) is 7.62. The van der Waals surface area contributed by atoms with E-state index in [-0.39, 0.29) is 16.9 Å². The highest BCUT2D eigenvalue weighted by atomic mass is 16.6. The maximum absolute atomic E-state index is 11.8. The Bertz CT molecular complexity index is 581. The van der Waals surface area contributed by atoms with Crippen LogP contribution < -0.4 is 11.1 Å². The Labute approximate surface area is 111 Å². The minimum Gasteiger partial charge on any atom is -0.379 e. The van der Waals surface area contributed by atoms with Gasteiger partial charge in [0.15, 0.2) is 0 Å². The Morgan fingerprint density at radius 1 is 1.21 bits per heavy atom. The minimum atomic E-state index is -0.442. The van der Waals surface area contributed by atoms with Gasteiger partial charge in [-0.2, -0.15) is 0 Å². The predicted octanol–water partition coefficient (Wildman–Crippen LogP) is 2.20. The van der Waals surface area contributed by atoms with Crippen molar-refractivity contribution in [2.75, 3.05) is 11.1 Å². The van der Waals surface area contributed by atoms with E-state index >= 15 is 0 Å². The van der Waals surface area contributed by atoms with Crippen LogP contribution in [-0.4, -0.2) is 16.2 Å². The summed E-state index contributed by atoms with van der Waals surface area (Å²) in [4.78, 5) is 11.8. The molecule has 1 heterocycles. The summed E-state index contributed by atoms with van der Waals surface area (Å²) < 4.78 is 4.38. The fourth-order valence-corrected chi connectivity index (χ4v) is 1.60.